The Morgan fingerprint density at radius 2 is 1.53 bits per heavy atom. The molecule has 4 atom stereocenters. The van der Waals surface area contributed by atoms with Gasteiger partial charge in [0.2, 0.25) is 29.5 Å². The predicted octanol–water partition coefficient (Wildman–Crippen LogP) is -3.45. The Bertz CT molecular complexity index is 756. The molecule has 14 nitrogen and oxygen atoms in total. The summed E-state index contributed by atoms with van der Waals surface area (Å²) in [7, 11) is 0. The molecule has 0 saturated carbocycles. The molecular formula is C20H35N7O7. The third-order valence-corrected chi connectivity index (χ3v) is 5.29. The molecule has 1 aliphatic rings. The Morgan fingerprint density at radius 3 is 2.06 bits per heavy atom. The maximum atomic E-state index is 12.9. The summed E-state index contributed by atoms with van der Waals surface area (Å²) in [6, 6.07) is -4.40. The van der Waals surface area contributed by atoms with Gasteiger partial charge in [-0.2, -0.15) is 0 Å². The van der Waals surface area contributed by atoms with Gasteiger partial charge in [0.15, 0.2) is 0 Å². The highest BCUT2D eigenvalue weighted by molar-refractivity contribution is 5.96. The SMILES string of the molecule is NCCCCC(NC(=O)C(CC(N)=O)NC(=O)C1CCCN1)C(=O)NC(CCC(N)=O)C(=O)O. The molecule has 1 saturated heterocycles. The number of unbranched alkanes of at least 4 members (excludes halogenated alkanes) is 1. The summed E-state index contributed by atoms with van der Waals surface area (Å²) >= 11 is 0. The zero-order chi connectivity index (χ0) is 25.7. The fourth-order valence-corrected chi connectivity index (χ4v) is 3.44. The van der Waals surface area contributed by atoms with Crippen molar-refractivity contribution < 1.29 is 33.9 Å². The number of carboxylic acids is 1. The molecule has 1 fully saturated rings. The topological polar surface area (TPSA) is 249 Å². The third kappa shape index (κ3) is 10.6. The lowest BCUT2D eigenvalue weighted by atomic mass is 10.1. The number of nitrogens with two attached hydrogens (primary N) is 3. The van der Waals surface area contributed by atoms with Crippen LogP contribution < -0.4 is 38.5 Å². The molecule has 5 amide bonds. The predicted molar refractivity (Wildman–Crippen MR) is 120 cm³/mol. The second kappa shape index (κ2) is 14.8. The molecule has 34 heavy (non-hydrogen) atoms. The quantitative estimate of drug-likeness (QED) is 0.101. The van der Waals surface area contributed by atoms with E-state index in [1.165, 1.54) is 0 Å². The van der Waals surface area contributed by atoms with Crippen molar-refractivity contribution in [3.05, 3.63) is 0 Å². The van der Waals surface area contributed by atoms with E-state index in [1.807, 2.05) is 0 Å². The number of carbonyl (C=O) groups is 6. The highest BCUT2D eigenvalue weighted by Crippen LogP contribution is 2.08. The maximum Gasteiger partial charge on any atom is 0.326 e. The number of aliphatic carboxylic acids is 1. The summed E-state index contributed by atoms with van der Waals surface area (Å²) in [6.45, 7) is 0.988. The van der Waals surface area contributed by atoms with Crippen LogP contribution in [0.15, 0.2) is 0 Å². The lowest BCUT2D eigenvalue weighted by Gasteiger charge is -2.25. The van der Waals surface area contributed by atoms with Gasteiger partial charge >= 0.3 is 5.97 Å². The molecule has 192 valence electrons. The minimum absolute atomic E-state index is 0.123. The van der Waals surface area contributed by atoms with E-state index in [0.717, 1.165) is 6.42 Å². The summed E-state index contributed by atoms with van der Waals surface area (Å²) in [4.78, 5) is 72.0. The molecule has 1 aliphatic heterocycles. The molecule has 0 aromatic rings. The van der Waals surface area contributed by atoms with E-state index in [9.17, 15) is 33.9 Å². The molecule has 1 heterocycles. The maximum absolute atomic E-state index is 12.9. The van der Waals surface area contributed by atoms with Crippen LogP contribution in [0.2, 0.25) is 0 Å². The van der Waals surface area contributed by atoms with Crippen LogP contribution in [0, 0.1) is 0 Å². The van der Waals surface area contributed by atoms with Gasteiger partial charge in [-0.05, 0) is 51.6 Å². The van der Waals surface area contributed by atoms with Crippen LogP contribution in [0.1, 0.15) is 51.4 Å². The van der Waals surface area contributed by atoms with E-state index >= 15 is 0 Å². The fourth-order valence-electron chi connectivity index (χ4n) is 3.44. The Balaban J connectivity index is 2.92. The molecule has 11 N–H and O–H groups in total. The largest absolute Gasteiger partial charge is 0.480 e. The van der Waals surface area contributed by atoms with E-state index in [1.54, 1.807) is 0 Å². The highest BCUT2D eigenvalue weighted by atomic mass is 16.4. The van der Waals surface area contributed by atoms with Gasteiger partial charge in [-0.3, -0.25) is 24.0 Å². The monoisotopic (exact) mass is 485 g/mol. The van der Waals surface area contributed by atoms with Crippen LogP contribution in [0.25, 0.3) is 0 Å². The molecule has 0 bridgehead atoms. The van der Waals surface area contributed by atoms with Crippen LogP contribution in [-0.2, 0) is 28.8 Å². The van der Waals surface area contributed by atoms with Crippen molar-refractivity contribution in [1.29, 1.82) is 0 Å². The lowest BCUT2D eigenvalue weighted by molar-refractivity contribution is -0.142. The van der Waals surface area contributed by atoms with E-state index < -0.39 is 66.1 Å². The van der Waals surface area contributed by atoms with Gasteiger partial charge in [-0.15, -0.1) is 0 Å². The summed E-state index contributed by atoms with van der Waals surface area (Å²) in [5.74, 6) is -5.02. The molecule has 4 unspecified atom stereocenters. The van der Waals surface area contributed by atoms with Gasteiger partial charge in [0.25, 0.3) is 0 Å². The number of amides is 5. The first-order valence-corrected chi connectivity index (χ1v) is 11.2. The lowest BCUT2D eigenvalue weighted by Crippen LogP contribution is -2.57. The van der Waals surface area contributed by atoms with Crippen molar-refractivity contribution in [3.8, 4) is 0 Å². The number of carbonyl (C=O) groups excluding carboxylic acids is 5. The molecule has 0 aromatic heterocycles. The van der Waals surface area contributed by atoms with Gasteiger partial charge < -0.3 is 43.6 Å². The molecule has 0 spiro atoms. The first-order valence-electron chi connectivity index (χ1n) is 11.2. The normalized spacial score (nSPS) is 17.7. The zero-order valence-corrected chi connectivity index (χ0v) is 19.0. The standard InChI is InChI=1S/C20H35N7O7/c21-8-2-1-4-12(18(31)26-13(20(33)34)6-7-15(22)28)25-19(32)14(10-16(23)29)27-17(30)11-5-3-9-24-11/h11-14,24H,1-10,21H2,(H2,22,28)(H2,23,29)(H,25,32)(H,26,31)(H,27,30)(H,33,34). The molecule has 0 radical (unpaired) electrons. The summed E-state index contributed by atoms with van der Waals surface area (Å²) in [5.41, 5.74) is 15.8. The van der Waals surface area contributed by atoms with Crippen molar-refractivity contribution in [2.75, 3.05) is 13.1 Å². The van der Waals surface area contributed by atoms with Crippen molar-refractivity contribution in [2.45, 2.75) is 75.5 Å². The summed E-state index contributed by atoms with van der Waals surface area (Å²) in [6.07, 6.45) is 1.48. The smallest absolute Gasteiger partial charge is 0.326 e. The second-order valence-electron chi connectivity index (χ2n) is 8.13. The van der Waals surface area contributed by atoms with Gasteiger partial charge in [-0.25, -0.2) is 4.79 Å². The van der Waals surface area contributed by atoms with Gasteiger partial charge in [0.1, 0.15) is 18.1 Å². The Hall–Kier alpha value is -3.26. The van der Waals surface area contributed by atoms with Crippen LogP contribution >= 0.6 is 0 Å². The van der Waals surface area contributed by atoms with E-state index in [4.69, 9.17) is 17.2 Å². The second-order valence-corrected chi connectivity index (χ2v) is 8.13. The minimum atomic E-state index is -1.40. The molecular weight excluding hydrogens is 450 g/mol. The van der Waals surface area contributed by atoms with Crippen molar-refractivity contribution in [1.82, 2.24) is 21.3 Å². The van der Waals surface area contributed by atoms with E-state index in [2.05, 4.69) is 21.3 Å². The Kier molecular flexibility index (Phi) is 12.5. The average Bonchev–Trinajstić information content (AvgIpc) is 3.29. The van der Waals surface area contributed by atoms with Crippen molar-refractivity contribution in [2.24, 2.45) is 17.2 Å². The number of hydrogen-bond acceptors (Lipinski definition) is 8. The van der Waals surface area contributed by atoms with Crippen LogP contribution in [0.5, 0.6) is 0 Å². The first kappa shape index (κ1) is 28.8. The van der Waals surface area contributed by atoms with Crippen LogP contribution in [0.4, 0.5) is 0 Å². The summed E-state index contributed by atoms with van der Waals surface area (Å²) in [5, 5.41) is 19.5. The number of rotatable bonds is 16. The van der Waals surface area contributed by atoms with E-state index in [0.29, 0.717) is 32.4 Å². The van der Waals surface area contributed by atoms with Crippen LogP contribution in [-0.4, -0.2) is 77.9 Å². The fraction of sp³-hybridized carbons (Fsp3) is 0.700. The van der Waals surface area contributed by atoms with Gasteiger partial charge in [0, 0.05) is 6.42 Å². The van der Waals surface area contributed by atoms with Gasteiger partial charge in [0.05, 0.1) is 12.5 Å². The highest BCUT2D eigenvalue weighted by Gasteiger charge is 2.32. The molecule has 1 rings (SSSR count). The Morgan fingerprint density at radius 1 is 0.882 bits per heavy atom. The molecule has 0 aliphatic carbocycles. The number of hydrogen-bond donors (Lipinski definition) is 8. The third-order valence-electron chi connectivity index (χ3n) is 5.29. The molecule has 14 heteroatoms. The molecule has 0 aromatic carbocycles. The van der Waals surface area contributed by atoms with Crippen molar-refractivity contribution in [3.63, 3.8) is 0 Å². The number of carboxylic acid groups (broad SMARTS) is 1. The van der Waals surface area contributed by atoms with Crippen molar-refractivity contribution >= 4 is 35.5 Å². The van der Waals surface area contributed by atoms with E-state index in [-0.39, 0.29) is 19.3 Å². The number of primary amides is 2. The van der Waals surface area contributed by atoms with Gasteiger partial charge in [-0.1, -0.05) is 0 Å². The Labute approximate surface area is 197 Å². The van der Waals surface area contributed by atoms with Crippen LogP contribution in [0.3, 0.4) is 0 Å². The number of nitrogens with one attached hydrogen (secondary N) is 4. The summed E-state index contributed by atoms with van der Waals surface area (Å²) < 4.78 is 0. The zero-order valence-electron chi connectivity index (χ0n) is 19.0. The first-order chi connectivity index (χ1) is 16.0. The minimum Gasteiger partial charge on any atom is -0.480 e. The average molecular weight is 486 g/mol.